The number of carbonyl (C=O) groups excluding carboxylic acids is 1. The lowest BCUT2D eigenvalue weighted by Gasteiger charge is -2.07. The first-order valence-corrected chi connectivity index (χ1v) is 9.05. The van der Waals surface area contributed by atoms with Gasteiger partial charge >= 0.3 is 0 Å². The minimum Gasteiger partial charge on any atom is -0.325 e. The van der Waals surface area contributed by atoms with Crippen LogP contribution in [0.5, 0.6) is 0 Å². The maximum atomic E-state index is 12.5. The van der Waals surface area contributed by atoms with Crippen molar-refractivity contribution in [3.05, 3.63) is 79.0 Å². The lowest BCUT2D eigenvalue weighted by atomic mass is 9.98. The van der Waals surface area contributed by atoms with Crippen LogP contribution in [0.2, 0.25) is 0 Å². The Morgan fingerprint density at radius 2 is 1.96 bits per heavy atom. The number of nitrogens with one attached hydrogen (secondary N) is 1. The molecule has 28 heavy (non-hydrogen) atoms. The molecule has 6 heteroatoms. The van der Waals surface area contributed by atoms with E-state index >= 15 is 0 Å². The Balaban J connectivity index is 1.53. The van der Waals surface area contributed by atoms with Crippen molar-refractivity contribution in [3.8, 4) is 11.1 Å². The first-order valence-electron chi connectivity index (χ1n) is 9.05. The molecule has 1 aromatic carbocycles. The van der Waals surface area contributed by atoms with Crippen molar-refractivity contribution in [3.63, 3.8) is 0 Å². The normalized spacial score (nSPS) is 12.9. The number of anilines is 1. The molecular formula is C22H17N5O. The number of fused-ring (bicyclic) bond motifs is 3. The first kappa shape index (κ1) is 16.4. The van der Waals surface area contributed by atoms with E-state index in [-0.39, 0.29) is 5.91 Å². The summed E-state index contributed by atoms with van der Waals surface area (Å²) < 4.78 is 2.20. The van der Waals surface area contributed by atoms with Crippen LogP contribution in [0.15, 0.2) is 67.8 Å². The minimum atomic E-state index is -0.190. The molecule has 0 spiro atoms. The van der Waals surface area contributed by atoms with Crippen molar-refractivity contribution >= 4 is 28.3 Å². The number of hydrogen-bond donors (Lipinski definition) is 1. The molecule has 4 aromatic rings. The smallest absolute Gasteiger partial charge is 0.256 e. The van der Waals surface area contributed by atoms with Gasteiger partial charge in [0.2, 0.25) is 0 Å². The molecule has 1 aliphatic rings. The molecule has 136 valence electrons. The third kappa shape index (κ3) is 2.58. The fraction of sp³-hybridized carbons (Fsp3) is 0.0909. The average molecular weight is 367 g/mol. The van der Waals surface area contributed by atoms with Gasteiger partial charge in [-0.1, -0.05) is 24.8 Å². The Morgan fingerprint density at radius 3 is 2.75 bits per heavy atom. The molecule has 6 nitrogen and oxygen atoms in total. The van der Waals surface area contributed by atoms with E-state index in [9.17, 15) is 4.79 Å². The van der Waals surface area contributed by atoms with Crippen LogP contribution in [0, 0.1) is 0 Å². The largest absolute Gasteiger partial charge is 0.325 e. The Bertz CT molecular complexity index is 1210. The maximum Gasteiger partial charge on any atom is 0.256 e. The number of nitrogens with zero attached hydrogens (tertiary/aromatic N) is 4. The summed E-state index contributed by atoms with van der Waals surface area (Å²) in [7, 11) is 0. The summed E-state index contributed by atoms with van der Waals surface area (Å²) in [6.07, 6.45) is 5.99. The molecule has 0 radical (unpaired) electrons. The molecule has 5 rings (SSSR count). The van der Waals surface area contributed by atoms with Crippen molar-refractivity contribution in [2.45, 2.75) is 13.0 Å². The van der Waals surface area contributed by atoms with Crippen LogP contribution in [0.3, 0.4) is 0 Å². The lowest BCUT2D eigenvalue weighted by molar-refractivity contribution is 0.102. The second kappa shape index (κ2) is 6.42. The van der Waals surface area contributed by atoms with Gasteiger partial charge in [0.15, 0.2) is 0 Å². The summed E-state index contributed by atoms with van der Waals surface area (Å²) >= 11 is 0. The number of allylic oxidation sites excluding steroid dienone is 1. The van der Waals surface area contributed by atoms with Gasteiger partial charge in [-0.25, -0.2) is 15.0 Å². The predicted molar refractivity (Wildman–Crippen MR) is 109 cm³/mol. The highest BCUT2D eigenvalue weighted by Gasteiger charge is 2.25. The highest BCUT2D eigenvalue weighted by atomic mass is 16.1. The standard InChI is InChI=1S/C22H17N5O/c1-14-9-11-27-20(14)19(17-12-23-13-25-21(17)27)15-5-7-16(8-6-15)22(28)26-18-4-2-3-10-24-18/h2-8,10,12-13H,1,9,11H2,(H,24,26,28). The van der Waals surface area contributed by atoms with Crippen LogP contribution in [-0.2, 0) is 6.54 Å². The second-order valence-corrected chi connectivity index (χ2v) is 6.74. The summed E-state index contributed by atoms with van der Waals surface area (Å²) in [5, 5.41) is 3.81. The number of hydrogen-bond acceptors (Lipinski definition) is 4. The highest BCUT2D eigenvalue weighted by molar-refractivity contribution is 6.05. The summed E-state index contributed by atoms with van der Waals surface area (Å²) in [6.45, 7) is 5.11. The Hall–Kier alpha value is -3.80. The average Bonchev–Trinajstić information content (AvgIpc) is 3.27. The van der Waals surface area contributed by atoms with Crippen LogP contribution in [0.25, 0.3) is 27.7 Å². The van der Waals surface area contributed by atoms with Crippen LogP contribution >= 0.6 is 0 Å². The van der Waals surface area contributed by atoms with Crippen molar-refractivity contribution in [2.75, 3.05) is 5.32 Å². The van der Waals surface area contributed by atoms with Gasteiger partial charge in [0.1, 0.15) is 17.8 Å². The Kier molecular flexibility index (Phi) is 3.76. The van der Waals surface area contributed by atoms with Crippen LogP contribution in [0.1, 0.15) is 22.5 Å². The molecule has 0 aliphatic carbocycles. The number of aryl methyl sites for hydroxylation is 1. The van der Waals surface area contributed by atoms with Gasteiger partial charge in [-0.05, 0) is 41.8 Å². The second-order valence-electron chi connectivity index (χ2n) is 6.74. The van der Waals surface area contributed by atoms with Crippen molar-refractivity contribution in [1.29, 1.82) is 0 Å². The molecule has 0 unspecified atom stereocenters. The number of pyridine rings is 1. The molecular weight excluding hydrogens is 350 g/mol. The summed E-state index contributed by atoms with van der Waals surface area (Å²) in [6, 6.07) is 13.0. The number of benzene rings is 1. The van der Waals surface area contributed by atoms with Gasteiger partial charge in [-0.3, -0.25) is 4.79 Å². The molecule has 0 saturated carbocycles. The van der Waals surface area contributed by atoms with Crippen LogP contribution in [0.4, 0.5) is 5.82 Å². The van der Waals surface area contributed by atoms with E-state index in [1.165, 1.54) is 0 Å². The van der Waals surface area contributed by atoms with Crippen LogP contribution < -0.4 is 5.32 Å². The van der Waals surface area contributed by atoms with E-state index in [0.717, 1.165) is 46.4 Å². The SMILES string of the molecule is C=C1CCn2c1c(-c1ccc(C(=O)Nc3ccccn3)cc1)c1cncnc12. The Morgan fingerprint density at radius 1 is 1.11 bits per heavy atom. The minimum absolute atomic E-state index is 0.190. The lowest BCUT2D eigenvalue weighted by Crippen LogP contribution is -2.12. The van der Waals surface area contributed by atoms with Gasteiger partial charge < -0.3 is 9.88 Å². The Labute approximate surface area is 161 Å². The van der Waals surface area contributed by atoms with E-state index in [1.807, 2.05) is 42.6 Å². The summed E-state index contributed by atoms with van der Waals surface area (Å²) in [4.78, 5) is 25.3. The van der Waals surface area contributed by atoms with Gasteiger partial charge in [0.25, 0.3) is 5.91 Å². The van der Waals surface area contributed by atoms with E-state index in [1.54, 1.807) is 18.6 Å². The van der Waals surface area contributed by atoms with Crippen molar-refractivity contribution < 1.29 is 4.79 Å². The molecule has 4 heterocycles. The molecule has 0 bridgehead atoms. The topological polar surface area (TPSA) is 72.7 Å². The molecule has 0 fully saturated rings. The number of amides is 1. The number of carbonyl (C=O) groups is 1. The summed E-state index contributed by atoms with van der Waals surface area (Å²) in [5.41, 5.74) is 5.81. The zero-order valence-corrected chi connectivity index (χ0v) is 15.1. The first-order chi connectivity index (χ1) is 13.7. The van der Waals surface area contributed by atoms with E-state index in [2.05, 4.69) is 31.4 Å². The monoisotopic (exact) mass is 367 g/mol. The number of rotatable bonds is 3. The molecule has 1 N–H and O–H groups in total. The molecule has 0 saturated heterocycles. The molecule has 1 aliphatic heterocycles. The van der Waals surface area contributed by atoms with E-state index < -0.39 is 0 Å². The van der Waals surface area contributed by atoms with Crippen molar-refractivity contribution in [1.82, 2.24) is 19.5 Å². The third-order valence-corrected chi connectivity index (χ3v) is 5.04. The maximum absolute atomic E-state index is 12.5. The number of aromatic nitrogens is 4. The zero-order valence-electron chi connectivity index (χ0n) is 15.1. The molecule has 0 atom stereocenters. The van der Waals surface area contributed by atoms with Gasteiger partial charge in [0, 0.05) is 35.5 Å². The van der Waals surface area contributed by atoms with E-state index in [0.29, 0.717) is 11.4 Å². The predicted octanol–water partition coefficient (Wildman–Crippen LogP) is 4.16. The molecule has 1 amide bonds. The fourth-order valence-electron chi connectivity index (χ4n) is 3.74. The third-order valence-electron chi connectivity index (χ3n) is 5.04. The molecule has 3 aromatic heterocycles. The summed E-state index contributed by atoms with van der Waals surface area (Å²) in [5.74, 6) is 0.339. The van der Waals surface area contributed by atoms with Gasteiger partial charge in [-0.15, -0.1) is 0 Å². The quantitative estimate of drug-likeness (QED) is 0.590. The van der Waals surface area contributed by atoms with Crippen molar-refractivity contribution in [2.24, 2.45) is 0 Å². The van der Waals surface area contributed by atoms with E-state index in [4.69, 9.17) is 0 Å². The highest BCUT2D eigenvalue weighted by Crippen LogP contribution is 2.41. The zero-order chi connectivity index (χ0) is 19.1. The fourth-order valence-corrected chi connectivity index (χ4v) is 3.74. The van der Waals surface area contributed by atoms with Gasteiger partial charge in [0.05, 0.1) is 5.69 Å². The van der Waals surface area contributed by atoms with Crippen LogP contribution in [-0.4, -0.2) is 25.4 Å². The van der Waals surface area contributed by atoms with Gasteiger partial charge in [-0.2, -0.15) is 0 Å².